The molecule has 0 radical (unpaired) electrons. The van der Waals surface area contributed by atoms with Crippen molar-refractivity contribution in [2.24, 2.45) is 5.16 Å². The van der Waals surface area contributed by atoms with Crippen molar-refractivity contribution in [2.75, 3.05) is 18.5 Å². The number of amides is 1. The zero-order valence-electron chi connectivity index (χ0n) is 12.2. The predicted octanol–water partition coefficient (Wildman–Crippen LogP) is 3.34. The van der Waals surface area contributed by atoms with Gasteiger partial charge in [0.2, 0.25) is 0 Å². The van der Waals surface area contributed by atoms with Crippen molar-refractivity contribution >= 4 is 24.8 Å². The van der Waals surface area contributed by atoms with E-state index in [1.165, 1.54) is 0 Å². The molecule has 1 rings (SSSR count). The number of nitriles is 1. The average molecular weight is 325 g/mol. The highest BCUT2D eigenvalue weighted by Gasteiger charge is 2.33. The van der Waals surface area contributed by atoms with E-state index in [9.17, 15) is 9.36 Å². The Kier molecular flexibility index (Phi) is 7.26. The molecular formula is C13H16N3O5P. The number of carbonyl (C=O) groups excluding carboxylic acids is 1. The first-order chi connectivity index (χ1) is 10.6. The summed E-state index contributed by atoms with van der Waals surface area (Å²) in [5.41, 5.74) is -0.140. The zero-order chi connectivity index (χ0) is 16.4. The summed E-state index contributed by atoms with van der Waals surface area (Å²) in [5.74, 6) is 0. The highest BCUT2D eigenvalue weighted by Crippen LogP contribution is 2.49. The van der Waals surface area contributed by atoms with Crippen LogP contribution in [0.25, 0.3) is 0 Å². The highest BCUT2D eigenvalue weighted by atomic mass is 31.2. The Balaban J connectivity index is 2.78. The highest BCUT2D eigenvalue weighted by molar-refractivity contribution is 7.73. The molecule has 0 heterocycles. The van der Waals surface area contributed by atoms with E-state index in [2.05, 4.69) is 15.3 Å². The van der Waals surface area contributed by atoms with Gasteiger partial charge in [0.1, 0.15) is 6.07 Å². The molecule has 1 aromatic carbocycles. The predicted molar refractivity (Wildman–Crippen MR) is 80.5 cm³/mol. The second-order valence-electron chi connectivity index (χ2n) is 3.73. The molecule has 0 fully saturated rings. The molecule has 9 heteroatoms. The van der Waals surface area contributed by atoms with Gasteiger partial charge in [-0.05, 0) is 26.0 Å². The summed E-state index contributed by atoms with van der Waals surface area (Å²) in [7, 11) is -3.88. The fourth-order valence-corrected chi connectivity index (χ4v) is 2.64. The van der Waals surface area contributed by atoms with Crippen LogP contribution in [0, 0.1) is 11.3 Å². The van der Waals surface area contributed by atoms with Crippen molar-refractivity contribution < 1.29 is 23.2 Å². The first-order valence-electron chi connectivity index (χ1n) is 6.46. The first kappa shape index (κ1) is 17.9. The molecule has 22 heavy (non-hydrogen) atoms. The van der Waals surface area contributed by atoms with Gasteiger partial charge in [-0.25, -0.2) is 4.79 Å². The third-order valence-corrected chi connectivity index (χ3v) is 4.09. The lowest BCUT2D eigenvalue weighted by Gasteiger charge is -2.13. The molecule has 0 atom stereocenters. The Morgan fingerprint density at radius 3 is 2.36 bits per heavy atom. The molecule has 1 amide bonds. The van der Waals surface area contributed by atoms with E-state index >= 15 is 0 Å². The third-order valence-electron chi connectivity index (χ3n) is 2.19. The topological polar surface area (TPSA) is 110 Å². The van der Waals surface area contributed by atoms with Crippen LogP contribution >= 0.6 is 7.60 Å². The summed E-state index contributed by atoms with van der Waals surface area (Å²) in [6.45, 7) is 3.27. The Morgan fingerprint density at radius 2 is 1.86 bits per heavy atom. The number of nitrogens with one attached hydrogen (secondary N) is 1. The number of nitrogens with zero attached hydrogens (tertiary/aromatic N) is 2. The van der Waals surface area contributed by atoms with Crippen LogP contribution in [0.1, 0.15) is 13.8 Å². The lowest BCUT2D eigenvalue weighted by Crippen LogP contribution is -2.13. The standard InChI is InChI=1S/C13H16N3O5P/c1-3-19-22(18,20-4-2)12(10-14)16-21-13(17)15-11-8-6-5-7-9-11/h5-9H,3-4H2,1-2H3,(H,15,17)/b16-12+. The van der Waals surface area contributed by atoms with Crippen LogP contribution in [0.3, 0.4) is 0 Å². The molecule has 0 bridgehead atoms. The van der Waals surface area contributed by atoms with Crippen molar-refractivity contribution in [3.8, 4) is 6.07 Å². The lowest BCUT2D eigenvalue weighted by atomic mass is 10.3. The number of hydrogen-bond acceptors (Lipinski definition) is 7. The van der Waals surface area contributed by atoms with Crippen molar-refractivity contribution in [2.45, 2.75) is 13.8 Å². The van der Waals surface area contributed by atoms with Gasteiger partial charge in [0.25, 0.3) is 5.45 Å². The van der Waals surface area contributed by atoms with Gasteiger partial charge in [-0.2, -0.15) is 5.26 Å². The van der Waals surface area contributed by atoms with E-state index in [-0.39, 0.29) is 13.2 Å². The Hall–Kier alpha value is -2.20. The molecule has 8 nitrogen and oxygen atoms in total. The normalized spacial score (nSPS) is 11.6. The fraction of sp³-hybridized carbons (Fsp3) is 0.308. The monoisotopic (exact) mass is 325 g/mol. The minimum atomic E-state index is -3.88. The van der Waals surface area contributed by atoms with Gasteiger partial charge in [0, 0.05) is 5.69 Å². The van der Waals surface area contributed by atoms with Crippen LogP contribution in [0.5, 0.6) is 0 Å². The molecule has 1 N–H and O–H groups in total. The van der Waals surface area contributed by atoms with Gasteiger partial charge in [-0.15, -0.1) is 0 Å². The van der Waals surface area contributed by atoms with Crippen LogP contribution in [0.15, 0.2) is 35.5 Å². The smallest absolute Gasteiger partial charge is 0.304 e. The van der Waals surface area contributed by atoms with Gasteiger partial charge < -0.3 is 9.05 Å². The third kappa shape index (κ3) is 5.30. The van der Waals surface area contributed by atoms with Crippen LogP contribution in [0.2, 0.25) is 0 Å². The van der Waals surface area contributed by atoms with E-state index < -0.39 is 19.1 Å². The molecule has 0 spiro atoms. The van der Waals surface area contributed by atoms with Gasteiger partial charge in [0.05, 0.1) is 13.2 Å². The van der Waals surface area contributed by atoms with Gasteiger partial charge >= 0.3 is 13.7 Å². The molecular weight excluding hydrogens is 309 g/mol. The molecule has 1 aromatic rings. The number of hydrogen-bond donors (Lipinski definition) is 1. The Bertz CT molecular complexity index is 602. The maximum atomic E-state index is 12.3. The van der Waals surface area contributed by atoms with E-state index in [4.69, 9.17) is 14.3 Å². The average Bonchev–Trinajstić information content (AvgIpc) is 2.49. The quantitative estimate of drug-likeness (QED) is 0.356. The maximum absolute atomic E-state index is 12.3. The van der Waals surface area contributed by atoms with E-state index in [0.717, 1.165) is 0 Å². The number of anilines is 1. The number of rotatable bonds is 7. The van der Waals surface area contributed by atoms with Crippen LogP contribution < -0.4 is 5.32 Å². The van der Waals surface area contributed by atoms with E-state index in [1.807, 2.05) is 0 Å². The minimum absolute atomic E-state index is 0.0498. The fourth-order valence-electron chi connectivity index (χ4n) is 1.38. The molecule has 0 aliphatic heterocycles. The largest absolute Gasteiger partial charge is 0.437 e. The summed E-state index contributed by atoms with van der Waals surface area (Å²) in [6, 6.07) is 10.1. The van der Waals surface area contributed by atoms with Crippen molar-refractivity contribution in [1.82, 2.24) is 0 Å². The van der Waals surface area contributed by atoms with Crippen LogP contribution in [-0.2, 0) is 18.5 Å². The Morgan fingerprint density at radius 1 is 1.27 bits per heavy atom. The second kappa shape index (κ2) is 8.95. The molecule has 0 aromatic heterocycles. The van der Waals surface area contributed by atoms with Gasteiger partial charge in [-0.3, -0.25) is 14.7 Å². The SMILES string of the molecule is CCOP(=O)(OCC)/C(C#N)=N/OC(=O)Nc1ccccc1. The molecule has 118 valence electrons. The summed E-state index contributed by atoms with van der Waals surface area (Å²) >= 11 is 0. The molecule has 0 saturated heterocycles. The van der Waals surface area contributed by atoms with Gasteiger partial charge in [-0.1, -0.05) is 23.4 Å². The first-order valence-corrected chi connectivity index (χ1v) is 8.00. The molecule has 0 saturated carbocycles. The summed E-state index contributed by atoms with van der Waals surface area (Å²) in [4.78, 5) is 16.1. The second-order valence-corrected chi connectivity index (χ2v) is 5.66. The zero-order valence-corrected chi connectivity index (χ0v) is 13.1. The number of oxime groups is 1. The van der Waals surface area contributed by atoms with Crippen molar-refractivity contribution in [3.05, 3.63) is 30.3 Å². The molecule has 0 aliphatic carbocycles. The lowest BCUT2D eigenvalue weighted by molar-refractivity contribution is 0.166. The van der Waals surface area contributed by atoms with E-state index in [1.54, 1.807) is 50.2 Å². The molecule has 0 aliphatic rings. The van der Waals surface area contributed by atoms with Crippen molar-refractivity contribution in [1.29, 1.82) is 5.26 Å². The van der Waals surface area contributed by atoms with Crippen LogP contribution in [-0.4, -0.2) is 24.8 Å². The number of carbonyl (C=O) groups is 1. The summed E-state index contributed by atoms with van der Waals surface area (Å²) in [6.07, 6.45) is -0.932. The maximum Gasteiger partial charge on any atom is 0.437 e. The number of para-hydroxylation sites is 1. The van der Waals surface area contributed by atoms with Gasteiger partial charge in [0.15, 0.2) is 0 Å². The van der Waals surface area contributed by atoms with E-state index in [0.29, 0.717) is 5.69 Å². The summed E-state index contributed by atoms with van der Waals surface area (Å²) < 4.78 is 22.2. The van der Waals surface area contributed by atoms with Crippen molar-refractivity contribution in [3.63, 3.8) is 0 Å². The molecule has 0 unspecified atom stereocenters. The van der Waals surface area contributed by atoms with Crippen LogP contribution in [0.4, 0.5) is 10.5 Å². The number of benzene rings is 1. The summed E-state index contributed by atoms with van der Waals surface area (Å²) in [5, 5.41) is 14.7. The minimum Gasteiger partial charge on any atom is -0.304 e. The Labute approximate surface area is 128 Å².